The first-order valence-corrected chi connectivity index (χ1v) is 8.67. The van der Waals surface area contributed by atoms with E-state index in [1.807, 2.05) is 0 Å². The van der Waals surface area contributed by atoms with Crippen LogP contribution in [-0.4, -0.2) is 55.5 Å². The van der Waals surface area contributed by atoms with Gasteiger partial charge in [-0.2, -0.15) is 0 Å². The molecule has 1 heterocycles. The van der Waals surface area contributed by atoms with Crippen LogP contribution >= 0.6 is 0 Å². The Morgan fingerprint density at radius 1 is 1.24 bits per heavy atom. The van der Waals surface area contributed by atoms with Crippen LogP contribution in [0.25, 0.3) is 0 Å². The summed E-state index contributed by atoms with van der Waals surface area (Å²) in [5, 5.41) is 0. The van der Waals surface area contributed by atoms with E-state index in [9.17, 15) is 0 Å². The van der Waals surface area contributed by atoms with Crippen molar-refractivity contribution in [3.8, 4) is 0 Å². The summed E-state index contributed by atoms with van der Waals surface area (Å²) in [5.74, 6) is 0. The minimum Gasteiger partial charge on any atom is -0.378 e. The molecule has 2 rings (SSSR count). The zero-order valence-corrected chi connectivity index (χ0v) is 14.4. The molecule has 0 aromatic heterocycles. The van der Waals surface area contributed by atoms with Crippen LogP contribution in [0.5, 0.6) is 0 Å². The van der Waals surface area contributed by atoms with Gasteiger partial charge in [-0.15, -0.1) is 0 Å². The third-order valence-corrected chi connectivity index (χ3v) is 5.53. The van der Waals surface area contributed by atoms with Gasteiger partial charge in [0.1, 0.15) is 0 Å². The Hall–Kier alpha value is -0.160. The number of nitrogens with two attached hydrogens (primary N) is 1. The second kappa shape index (κ2) is 6.95. The SMILES string of the molecule is CCCOC1CCCN(CC2(N)CC(OCC)C2(C)C)C1. The van der Waals surface area contributed by atoms with Crippen LogP contribution in [0.15, 0.2) is 0 Å². The van der Waals surface area contributed by atoms with Gasteiger partial charge in [0.05, 0.1) is 12.2 Å². The zero-order chi connectivity index (χ0) is 15.5. The van der Waals surface area contributed by atoms with Gasteiger partial charge in [0, 0.05) is 37.3 Å². The van der Waals surface area contributed by atoms with Gasteiger partial charge in [0.15, 0.2) is 0 Å². The lowest BCUT2D eigenvalue weighted by Crippen LogP contribution is -2.74. The van der Waals surface area contributed by atoms with Crippen LogP contribution in [-0.2, 0) is 9.47 Å². The van der Waals surface area contributed by atoms with E-state index in [1.54, 1.807) is 0 Å². The summed E-state index contributed by atoms with van der Waals surface area (Å²) in [6.07, 6.45) is 5.20. The summed E-state index contributed by atoms with van der Waals surface area (Å²) >= 11 is 0. The fraction of sp³-hybridized carbons (Fsp3) is 1.00. The molecule has 1 saturated carbocycles. The standard InChI is InChI=1S/C17H34N2O2/c1-5-10-21-14-8-7-9-19(12-14)13-17(18)11-15(20-6-2)16(17,3)4/h14-15H,5-13,18H2,1-4H3. The van der Waals surface area contributed by atoms with Gasteiger partial charge in [0.25, 0.3) is 0 Å². The quantitative estimate of drug-likeness (QED) is 0.784. The monoisotopic (exact) mass is 298 g/mol. The fourth-order valence-corrected chi connectivity index (χ4v) is 3.75. The lowest BCUT2D eigenvalue weighted by atomic mass is 9.54. The molecule has 21 heavy (non-hydrogen) atoms. The second-order valence-corrected chi connectivity index (χ2v) is 7.40. The first kappa shape index (κ1) is 17.2. The van der Waals surface area contributed by atoms with Gasteiger partial charge in [-0.1, -0.05) is 20.8 Å². The topological polar surface area (TPSA) is 47.7 Å². The molecule has 1 saturated heterocycles. The second-order valence-electron chi connectivity index (χ2n) is 7.40. The Balaban J connectivity index is 1.86. The maximum absolute atomic E-state index is 6.72. The molecule has 3 atom stereocenters. The Morgan fingerprint density at radius 3 is 2.62 bits per heavy atom. The number of likely N-dealkylation sites (tertiary alicyclic amines) is 1. The molecule has 2 fully saturated rings. The molecule has 0 radical (unpaired) electrons. The Bertz CT molecular complexity index is 335. The molecule has 4 heteroatoms. The highest BCUT2D eigenvalue weighted by Crippen LogP contribution is 2.50. The molecular weight excluding hydrogens is 264 g/mol. The van der Waals surface area contributed by atoms with Crippen LogP contribution < -0.4 is 5.73 Å². The number of ether oxygens (including phenoxy) is 2. The molecule has 1 aliphatic carbocycles. The maximum Gasteiger partial charge on any atom is 0.0702 e. The third kappa shape index (κ3) is 3.61. The van der Waals surface area contributed by atoms with E-state index in [0.717, 1.165) is 45.7 Å². The number of piperidine rings is 1. The van der Waals surface area contributed by atoms with E-state index in [2.05, 4.69) is 32.6 Å². The predicted octanol–water partition coefficient (Wildman–Crippen LogP) is 2.41. The van der Waals surface area contributed by atoms with Crippen LogP contribution in [0.3, 0.4) is 0 Å². The molecule has 4 nitrogen and oxygen atoms in total. The molecule has 0 spiro atoms. The average Bonchev–Trinajstić information content (AvgIpc) is 2.45. The van der Waals surface area contributed by atoms with E-state index in [1.165, 1.54) is 12.8 Å². The lowest BCUT2D eigenvalue weighted by Gasteiger charge is -2.60. The highest BCUT2D eigenvalue weighted by molar-refractivity contribution is 5.15. The summed E-state index contributed by atoms with van der Waals surface area (Å²) < 4.78 is 11.8. The zero-order valence-electron chi connectivity index (χ0n) is 14.4. The Labute approximate surface area is 130 Å². The maximum atomic E-state index is 6.72. The van der Waals surface area contributed by atoms with Crippen molar-refractivity contribution in [2.75, 3.05) is 32.8 Å². The first-order chi connectivity index (χ1) is 9.93. The van der Waals surface area contributed by atoms with Crippen LogP contribution in [0.2, 0.25) is 0 Å². The van der Waals surface area contributed by atoms with Crippen molar-refractivity contribution in [2.24, 2.45) is 11.1 Å². The summed E-state index contributed by atoms with van der Waals surface area (Å²) in [6.45, 7) is 13.6. The van der Waals surface area contributed by atoms with E-state index < -0.39 is 0 Å². The third-order valence-electron chi connectivity index (χ3n) is 5.53. The molecule has 0 aromatic carbocycles. The molecule has 3 unspecified atom stereocenters. The average molecular weight is 298 g/mol. The van der Waals surface area contributed by atoms with E-state index >= 15 is 0 Å². The molecular formula is C17H34N2O2. The van der Waals surface area contributed by atoms with E-state index in [-0.39, 0.29) is 11.0 Å². The van der Waals surface area contributed by atoms with Crippen molar-refractivity contribution in [1.82, 2.24) is 4.90 Å². The fourth-order valence-electron chi connectivity index (χ4n) is 3.75. The van der Waals surface area contributed by atoms with Gasteiger partial charge in [-0.05, 0) is 39.2 Å². The molecule has 0 bridgehead atoms. The van der Waals surface area contributed by atoms with Crippen LogP contribution in [0, 0.1) is 5.41 Å². The minimum absolute atomic E-state index is 0.0558. The molecule has 124 valence electrons. The van der Waals surface area contributed by atoms with E-state index in [0.29, 0.717) is 12.2 Å². The Morgan fingerprint density at radius 2 is 2.00 bits per heavy atom. The highest BCUT2D eigenvalue weighted by Gasteiger charge is 2.58. The van der Waals surface area contributed by atoms with Gasteiger partial charge in [-0.25, -0.2) is 0 Å². The number of nitrogens with zero attached hydrogens (tertiary/aromatic N) is 1. The van der Waals surface area contributed by atoms with Gasteiger partial charge in [-0.3, -0.25) is 4.90 Å². The van der Waals surface area contributed by atoms with Crippen molar-refractivity contribution in [2.45, 2.75) is 71.1 Å². The van der Waals surface area contributed by atoms with Gasteiger partial charge in [0.2, 0.25) is 0 Å². The van der Waals surface area contributed by atoms with Crippen LogP contribution in [0.4, 0.5) is 0 Å². The molecule has 0 aromatic rings. The van der Waals surface area contributed by atoms with Crippen molar-refractivity contribution in [1.29, 1.82) is 0 Å². The summed E-state index contributed by atoms with van der Waals surface area (Å²) in [5.41, 5.74) is 6.65. The van der Waals surface area contributed by atoms with Gasteiger partial charge < -0.3 is 15.2 Å². The normalized spacial score (nSPS) is 36.4. The Kier molecular flexibility index (Phi) is 5.69. The van der Waals surface area contributed by atoms with Crippen molar-refractivity contribution in [3.05, 3.63) is 0 Å². The van der Waals surface area contributed by atoms with Gasteiger partial charge >= 0.3 is 0 Å². The summed E-state index contributed by atoms with van der Waals surface area (Å²) in [6, 6.07) is 0. The van der Waals surface area contributed by atoms with Crippen molar-refractivity contribution >= 4 is 0 Å². The van der Waals surface area contributed by atoms with Crippen LogP contribution in [0.1, 0.15) is 53.4 Å². The number of rotatable bonds is 7. The molecule has 2 N–H and O–H groups in total. The minimum atomic E-state index is -0.126. The lowest BCUT2D eigenvalue weighted by molar-refractivity contribution is -0.159. The number of hydrogen-bond acceptors (Lipinski definition) is 4. The molecule has 2 aliphatic rings. The largest absolute Gasteiger partial charge is 0.378 e. The highest BCUT2D eigenvalue weighted by atomic mass is 16.5. The summed E-state index contributed by atoms with van der Waals surface area (Å²) in [7, 11) is 0. The number of hydrogen-bond donors (Lipinski definition) is 1. The first-order valence-electron chi connectivity index (χ1n) is 8.67. The molecule has 0 amide bonds. The summed E-state index contributed by atoms with van der Waals surface area (Å²) in [4.78, 5) is 2.51. The van der Waals surface area contributed by atoms with Crippen molar-refractivity contribution < 1.29 is 9.47 Å². The smallest absolute Gasteiger partial charge is 0.0702 e. The van der Waals surface area contributed by atoms with Crippen molar-refractivity contribution in [3.63, 3.8) is 0 Å². The predicted molar refractivity (Wildman–Crippen MR) is 86.4 cm³/mol. The molecule has 1 aliphatic heterocycles. The van der Waals surface area contributed by atoms with E-state index in [4.69, 9.17) is 15.2 Å².